The van der Waals surface area contributed by atoms with Crippen LogP contribution in [0.1, 0.15) is 5.56 Å². The molecular weight excluding hydrogens is 324 g/mol. The summed E-state index contributed by atoms with van der Waals surface area (Å²) in [6.45, 7) is 3.72. The van der Waals surface area contributed by atoms with E-state index < -0.39 is 10.0 Å². The number of para-hydroxylation sites is 1. The normalized spacial score (nSPS) is 16.9. The zero-order valence-corrected chi connectivity index (χ0v) is 14.6. The summed E-state index contributed by atoms with van der Waals surface area (Å²) in [5, 5.41) is 0. The second kappa shape index (κ2) is 7.34. The number of hydrogen-bond donors (Lipinski definition) is 1. The Morgan fingerprint density at radius 2 is 1.67 bits per heavy atom. The molecule has 0 saturated carbocycles. The van der Waals surface area contributed by atoms with Gasteiger partial charge < -0.3 is 9.64 Å². The van der Waals surface area contributed by atoms with Crippen molar-refractivity contribution in [2.45, 2.75) is 6.54 Å². The first-order chi connectivity index (χ1) is 11.5. The molecule has 3 rings (SSSR count). The molecule has 1 saturated heterocycles. The summed E-state index contributed by atoms with van der Waals surface area (Å²) in [6.07, 6.45) is 1.28. The molecule has 0 atom stereocenters. The molecular formula is C18H23N2O3S+. The third-order valence-electron chi connectivity index (χ3n) is 4.23. The van der Waals surface area contributed by atoms with Crippen molar-refractivity contribution in [2.75, 3.05) is 32.4 Å². The molecule has 1 N–H and O–H groups in total. The van der Waals surface area contributed by atoms with Gasteiger partial charge in [-0.25, -0.2) is 8.42 Å². The van der Waals surface area contributed by atoms with Crippen LogP contribution in [0.15, 0.2) is 54.6 Å². The zero-order chi connectivity index (χ0) is 17.0. The molecule has 0 amide bonds. The summed E-state index contributed by atoms with van der Waals surface area (Å²) in [4.78, 5) is 1.40. The summed E-state index contributed by atoms with van der Waals surface area (Å²) >= 11 is 0. The van der Waals surface area contributed by atoms with Gasteiger partial charge in [0.1, 0.15) is 18.0 Å². The Morgan fingerprint density at radius 1 is 1.00 bits per heavy atom. The van der Waals surface area contributed by atoms with Crippen LogP contribution < -0.4 is 9.64 Å². The fourth-order valence-corrected chi connectivity index (χ4v) is 3.79. The maximum absolute atomic E-state index is 11.6. The van der Waals surface area contributed by atoms with E-state index in [1.54, 1.807) is 4.31 Å². The van der Waals surface area contributed by atoms with Crippen molar-refractivity contribution >= 4 is 10.0 Å². The van der Waals surface area contributed by atoms with Gasteiger partial charge in [-0.05, 0) is 24.3 Å². The van der Waals surface area contributed by atoms with Crippen LogP contribution in [0.2, 0.25) is 0 Å². The van der Waals surface area contributed by atoms with Gasteiger partial charge in [0, 0.05) is 5.56 Å². The lowest BCUT2D eigenvalue weighted by atomic mass is 10.2. The van der Waals surface area contributed by atoms with Gasteiger partial charge in [0.2, 0.25) is 10.0 Å². The van der Waals surface area contributed by atoms with E-state index in [0.717, 1.165) is 31.1 Å². The first-order valence-corrected chi connectivity index (χ1v) is 9.96. The van der Waals surface area contributed by atoms with E-state index in [9.17, 15) is 8.42 Å². The van der Waals surface area contributed by atoms with Gasteiger partial charge >= 0.3 is 0 Å². The predicted octanol–water partition coefficient (Wildman–Crippen LogP) is 1.14. The van der Waals surface area contributed by atoms with Crippen LogP contribution in [0.4, 0.5) is 0 Å². The fraction of sp³-hybridized carbons (Fsp3) is 0.333. The van der Waals surface area contributed by atoms with Crippen molar-refractivity contribution in [3.8, 4) is 11.5 Å². The number of benzene rings is 2. The highest BCUT2D eigenvalue weighted by molar-refractivity contribution is 7.88. The molecule has 0 spiro atoms. The number of quaternary nitrogens is 1. The van der Waals surface area contributed by atoms with Gasteiger partial charge in [-0.2, -0.15) is 4.31 Å². The van der Waals surface area contributed by atoms with E-state index in [-0.39, 0.29) is 0 Å². The summed E-state index contributed by atoms with van der Waals surface area (Å²) in [7, 11) is -3.06. The van der Waals surface area contributed by atoms with Crippen LogP contribution in [-0.2, 0) is 16.6 Å². The second-order valence-electron chi connectivity index (χ2n) is 6.15. The minimum Gasteiger partial charge on any atom is -0.457 e. The number of nitrogens with one attached hydrogen (secondary N) is 1. The van der Waals surface area contributed by atoms with E-state index in [4.69, 9.17) is 4.74 Å². The lowest BCUT2D eigenvalue weighted by Gasteiger charge is -2.30. The fourth-order valence-electron chi connectivity index (χ4n) is 2.94. The first-order valence-electron chi connectivity index (χ1n) is 8.11. The lowest BCUT2D eigenvalue weighted by molar-refractivity contribution is -0.917. The van der Waals surface area contributed by atoms with Gasteiger partial charge in [0.15, 0.2) is 0 Å². The number of rotatable bonds is 5. The van der Waals surface area contributed by atoms with Gasteiger partial charge in [0.05, 0.1) is 32.4 Å². The summed E-state index contributed by atoms with van der Waals surface area (Å²) in [5.41, 5.74) is 1.20. The SMILES string of the molecule is CS(=O)(=O)N1CC[NH+](Cc2cccc(Oc3ccccc3)c2)CC1. The molecule has 0 aliphatic carbocycles. The zero-order valence-electron chi connectivity index (χ0n) is 13.8. The Kier molecular flexibility index (Phi) is 5.18. The van der Waals surface area contributed by atoms with Crippen molar-refractivity contribution in [3.05, 3.63) is 60.2 Å². The van der Waals surface area contributed by atoms with Crippen molar-refractivity contribution in [3.63, 3.8) is 0 Å². The predicted molar refractivity (Wildman–Crippen MR) is 93.8 cm³/mol. The third-order valence-corrected chi connectivity index (χ3v) is 5.53. The van der Waals surface area contributed by atoms with Crippen LogP contribution in [0.5, 0.6) is 11.5 Å². The molecule has 1 aliphatic heterocycles. The Balaban J connectivity index is 1.59. The average molecular weight is 347 g/mol. The molecule has 0 bridgehead atoms. The molecule has 2 aromatic carbocycles. The number of nitrogens with zero attached hydrogens (tertiary/aromatic N) is 1. The van der Waals surface area contributed by atoms with Gasteiger partial charge in [-0.1, -0.05) is 30.3 Å². The summed E-state index contributed by atoms with van der Waals surface area (Å²) in [6, 6.07) is 17.8. The molecule has 0 unspecified atom stereocenters. The van der Waals surface area contributed by atoms with E-state index in [1.165, 1.54) is 16.7 Å². The molecule has 1 fully saturated rings. The topological polar surface area (TPSA) is 51.0 Å². The molecule has 128 valence electrons. The molecule has 1 heterocycles. The highest BCUT2D eigenvalue weighted by Gasteiger charge is 2.25. The molecule has 2 aromatic rings. The largest absolute Gasteiger partial charge is 0.457 e. The Hall–Kier alpha value is -1.89. The third kappa shape index (κ3) is 4.56. The second-order valence-corrected chi connectivity index (χ2v) is 8.13. The lowest BCUT2D eigenvalue weighted by Crippen LogP contribution is -3.13. The van der Waals surface area contributed by atoms with E-state index in [1.807, 2.05) is 42.5 Å². The van der Waals surface area contributed by atoms with E-state index in [2.05, 4.69) is 12.1 Å². The van der Waals surface area contributed by atoms with Gasteiger partial charge in [-0.3, -0.25) is 0 Å². The van der Waals surface area contributed by atoms with Crippen molar-refractivity contribution in [2.24, 2.45) is 0 Å². The Labute approximate surface area is 143 Å². The van der Waals surface area contributed by atoms with E-state index in [0.29, 0.717) is 13.1 Å². The van der Waals surface area contributed by atoms with Crippen LogP contribution >= 0.6 is 0 Å². The summed E-state index contributed by atoms with van der Waals surface area (Å²) in [5.74, 6) is 1.65. The highest BCUT2D eigenvalue weighted by atomic mass is 32.2. The standard InChI is InChI=1S/C18H22N2O3S/c1-24(21,22)20-12-10-19(11-13-20)15-16-6-5-9-18(14-16)23-17-7-3-2-4-8-17/h2-9,14H,10-13,15H2,1H3/p+1. The molecule has 5 nitrogen and oxygen atoms in total. The molecule has 6 heteroatoms. The minimum absolute atomic E-state index is 0.592. The van der Waals surface area contributed by atoms with E-state index >= 15 is 0 Å². The van der Waals surface area contributed by atoms with Crippen molar-refractivity contribution in [1.82, 2.24) is 4.31 Å². The monoisotopic (exact) mass is 347 g/mol. The molecule has 0 aromatic heterocycles. The average Bonchev–Trinajstić information content (AvgIpc) is 2.56. The number of piperazine rings is 1. The van der Waals surface area contributed by atoms with Crippen LogP contribution in [0.3, 0.4) is 0 Å². The smallest absolute Gasteiger partial charge is 0.211 e. The van der Waals surface area contributed by atoms with Gasteiger partial charge in [-0.15, -0.1) is 0 Å². The van der Waals surface area contributed by atoms with Crippen molar-refractivity contribution in [1.29, 1.82) is 0 Å². The van der Waals surface area contributed by atoms with Crippen molar-refractivity contribution < 1.29 is 18.1 Å². The quantitative estimate of drug-likeness (QED) is 0.882. The Morgan fingerprint density at radius 3 is 2.33 bits per heavy atom. The summed E-state index contributed by atoms with van der Waals surface area (Å²) < 4.78 is 30.6. The Bertz CT molecular complexity index is 770. The molecule has 0 radical (unpaired) electrons. The highest BCUT2D eigenvalue weighted by Crippen LogP contribution is 2.21. The maximum atomic E-state index is 11.6. The first kappa shape index (κ1) is 17.0. The van der Waals surface area contributed by atoms with Gasteiger partial charge in [0.25, 0.3) is 0 Å². The molecule has 1 aliphatic rings. The van der Waals surface area contributed by atoms with Crippen LogP contribution in [0.25, 0.3) is 0 Å². The maximum Gasteiger partial charge on any atom is 0.211 e. The number of hydrogen-bond acceptors (Lipinski definition) is 3. The minimum atomic E-state index is -3.06. The van der Waals surface area contributed by atoms with Crippen LogP contribution in [-0.4, -0.2) is 45.2 Å². The van der Waals surface area contributed by atoms with Crippen LogP contribution in [0, 0.1) is 0 Å². The molecule has 24 heavy (non-hydrogen) atoms. The number of ether oxygens (including phenoxy) is 1. The number of sulfonamides is 1.